The van der Waals surface area contributed by atoms with Crippen molar-refractivity contribution < 1.29 is 28.9 Å². The summed E-state index contributed by atoms with van der Waals surface area (Å²) in [6.07, 6.45) is 3.11. The third-order valence-electron chi connectivity index (χ3n) is 9.07. The summed E-state index contributed by atoms with van der Waals surface area (Å²) in [6.45, 7) is 10.8. The van der Waals surface area contributed by atoms with Gasteiger partial charge in [-0.1, -0.05) is 41.9 Å². The molecule has 50 heavy (non-hydrogen) atoms. The second-order valence-electron chi connectivity index (χ2n) is 12.1. The average Bonchev–Trinajstić information content (AvgIpc) is 3.12. The number of carbonyl (C=O) groups is 2. The molecule has 1 saturated heterocycles. The molecule has 0 radical (unpaired) electrons. The van der Waals surface area contributed by atoms with Crippen LogP contribution in [0.1, 0.15) is 57.6 Å². The van der Waals surface area contributed by atoms with Gasteiger partial charge in [0, 0.05) is 61.3 Å². The number of amides is 1. The Bertz CT molecular complexity index is 1900. The van der Waals surface area contributed by atoms with Crippen LogP contribution >= 0.6 is 11.6 Å². The van der Waals surface area contributed by atoms with Gasteiger partial charge in [0.2, 0.25) is 0 Å². The second-order valence-corrected chi connectivity index (χ2v) is 12.5. The molecule has 1 fully saturated rings. The van der Waals surface area contributed by atoms with Gasteiger partial charge in [-0.05, 0) is 73.7 Å². The molecule has 1 atom stereocenters. The molecule has 4 aromatic rings. The lowest BCUT2D eigenvalue weighted by atomic mass is 9.91. The molecule has 1 aromatic heterocycles. The number of aromatic nitrogens is 1. The maximum Gasteiger partial charge on any atom is 0.323 e. The second kappa shape index (κ2) is 16.6. The standard InChI is InChI=1S/C39H41ClN4O6/c1-5-43(6-2)38(45)33-12-8-11-32(26(33)4)31-10-7-9-29(25(31)3)23-50-37-17-36(49-22-28-15-27(18-41)19-42-20-28)30(16-34(37)40)21-44-13-14-48-24-35(44)39(46)47/h7-12,15-17,19-20,35H,5-6,13-14,21-24H2,1-4H3,(H,46,47). The van der Waals surface area contributed by atoms with E-state index in [-0.39, 0.29) is 32.3 Å². The van der Waals surface area contributed by atoms with Crippen LogP contribution < -0.4 is 9.47 Å². The minimum absolute atomic E-state index is 0.0173. The molecule has 0 saturated carbocycles. The van der Waals surface area contributed by atoms with Crippen molar-refractivity contribution in [1.82, 2.24) is 14.8 Å². The van der Waals surface area contributed by atoms with Gasteiger partial charge in [-0.2, -0.15) is 5.26 Å². The highest BCUT2D eigenvalue weighted by Crippen LogP contribution is 2.36. The number of ether oxygens (including phenoxy) is 3. The molecule has 2 heterocycles. The van der Waals surface area contributed by atoms with Crippen LogP contribution in [0.2, 0.25) is 5.02 Å². The molecule has 1 unspecified atom stereocenters. The topological polar surface area (TPSA) is 125 Å². The van der Waals surface area contributed by atoms with Gasteiger partial charge in [0.1, 0.15) is 36.8 Å². The van der Waals surface area contributed by atoms with Gasteiger partial charge in [-0.25, -0.2) is 0 Å². The average molecular weight is 697 g/mol. The molecule has 260 valence electrons. The van der Waals surface area contributed by atoms with Gasteiger partial charge in [-0.15, -0.1) is 0 Å². The number of morpholine rings is 1. The molecule has 0 aliphatic carbocycles. The Kier molecular flexibility index (Phi) is 12.1. The van der Waals surface area contributed by atoms with Crippen molar-refractivity contribution in [3.8, 4) is 28.7 Å². The first-order valence-corrected chi connectivity index (χ1v) is 17.0. The maximum atomic E-state index is 13.3. The Morgan fingerprint density at radius 1 is 1.00 bits per heavy atom. The highest BCUT2D eigenvalue weighted by molar-refractivity contribution is 6.32. The fourth-order valence-corrected chi connectivity index (χ4v) is 6.37. The Labute approximate surface area is 297 Å². The number of carboxylic acid groups (broad SMARTS) is 1. The molecule has 3 aromatic carbocycles. The number of carboxylic acids is 1. The highest BCUT2D eigenvalue weighted by Gasteiger charge is 2.30. The van der Waals surface area contributed by atoms with E-state index < -0.39 is 12.0 Å². The summed E-state index contributed by atoms with van der Waals surface area (Å²) in [6, 6.07) is 18.3. The van der Waals surface area contributed by atoms with Crippen molar-refractivity contribution >= 4 is 23.5 Å². The summed E-state index contributed by atoms with van der Waals surface area (Å²) in [7, 11) is 0. The number of benzene rings is 3. The lowest BCUT2D eigenvalue weighted by Crippen LogP contribution is -2.49. The highest BCUT2D eigenvalue weighted by atomic mass is 35.5. The quantitative estimate of drug-likeness (QED) is 0.160. The Hall–Kier alpha value is -4.95. The van der Waals surface area contributed by atoms with Crippen LogP contribution in [-0.4, -0.2) is 70.7 Å². The summed E-state index contributed by atoms with van der Waals surface area (Å²) < 4.78 is 18.0. The number of carbonyl (C=O) groups excluding carboxylic acids is 1. The number of pyridine rings is 1. The Morgan fingerprint density at radius 3 is 2.44 bits per heavy atom. The number of aliphatic carboxylic acids is 1. The molecular weight excluding hydrogens is 656 g/mol. The molecule has 1 N–H and O–H groups in total. The Balaban J connectivity index is 1.42. The van der Waals surface area contributed by atoms with Crippen molar-refractivity contribution in [2.75, 3.05) is 32.8 Å². The molecule has 11 heteroatoms. The molecule has 1 aliphatic rings. The predicted molar refractivity (Wildman–Crippen MR) is 190 cm³/mol. The first kappa shape index (κ1) is 36.3. The summed E-state index contributed by atoms with van der Waals surface area (Å²) in [4.78, 5) is 33.0. The zero-order chi connectivity index (χ0) is 35.8. The van der Waals surface area contributed by atoms with Gasteiger partial charge in [0.15, 0.2) is 0 Å². The SMILES string of the molecule is CCN(CC)C(=O)c1cccc(-c2cccc(COc3cc(OCc4cncc(C#N)c4)c(CN4CCOCC4C(=O)O)cc3Cl)c2C)c1C. The molecule has 1 amide bonds. The molecule has 5 rings (SSSR count). The number of rotatable bonds is 13. The first-order valence-electron chi connectivity index (χ1n) is 16.6. The summed E-state index contributed by atoms with van der Waals surface area (Å²) in [5, 5.41) is 19.5. The van der Waals surface area contributed by atoms with Crippen molar-refractivity contribution in [1.29, 1.82) is 5.26 Å². The van der Waals surface area contributed by atoms with E-state index in [0.717, 1.165) is 27.8 Å². The van der Waals surface area contributed by atoms with Crippen LogP contribution in [-0.2, 0) is 29.3 Å². The smallest absolute Gasteiger partial charge is 0.323 e. The van der Waals surface area contributed by atoms with Crippen molar-refractivity contribution in [3.05, 3.63) is 111 Å². The molecule has 0 bridgehead atoms. The first-order chi connectivity index (χ1) is 24.1. The number of nitriles is 1. The zero-order valence-electron chi connectivity index (χ0n) is 28.7. The number of nitrogens with zero attached hydrogens (tertiary/aromatic N) is 4. The monoisotopic (exact) mass is 696 g/mol. The molecule has 0 spiro atoms. The largest absolute Gasteiger partial charge is 0.488 e. The minimum Gasteiger partial charge on any atom is -0.488 e. The third kappa shape index (κ3) is 8.25. The normalized spacial score (nSPS) is 14.5. The number of halogens is 1. The number of hydrogen-bond acceptors (Lipinski definition) is 8. The van der Waals surface area contributed by atoms with E-state index >= 15 is 0 Å². The van der Waals surface area contributed by atoms with Crippen molar-refractivity contribution in [2.24, 2.45) is 0 Å². The fourth-order valence-electron chi connectivity index (χ4n) is 6.13. The van der Waals surface area contributed by atoms with Crippen molar-refractivity contribution in [2.45, 2.75) is 53.5 Å². The predicted octanol–water partition coefficient (Wildman–Crippen LogP) is 6.82. The lowest BCUT2D eigenvalue weighted by molar-refractivity contribution is -0.150. The lowest BCUT2D eigenvalue weighted by Gasteiger charge is -2.33. The van der Waals surface area contributed by atoms with E-state index in [1.54, 1.807) is 24.4 Å². The fraction of sp³-hybridized carbons (Fsp3) is 0.333. The van der Waals surface area contributed by atoms with E-state index in [4.69, 9.17) is 25.8 Å². The summed E-state index contributed by atoms with van der Waals surface area (Å²) in [5.74, 6) is -0.0755. The van der Waals surface area contributed by atoms with E-state index in [0.29, 0.717) is 65.0 Å². The van der Waals surface area contributed by atoms with E-state index in [2.05, 4.69) is 11.1 Å². The molecule has 10 nitrogen and oxygen atoms in total. The van der Waals surface area contributed by atoms with E-state index in [9.17, 15) is 20.0 Å². The van der Waals surface area contributed by atoms with Crippen LogP contribution in [0.5, 0.6) is 11.5 Å². The van der Waals surface area contributed by atoms with Gasteiger partial charge in [0.05, 0.1) is 23.8 Å². The van der Waals surface area contributed by atoms with Crippen LogP contribution in [0.25, 0.3) is 11.1 Å². The van der Waals surface area contributed by atoms with Gasteiger partial charge >= 0.3 is 5.97 Å². The Morgan fingerprint density at radius 2 is 1.72 bits per heavy atom. The van der Waals surface area contributed by atoms with Crippen LogP contribution in [0.15, 0.2) is 67.0 Å². The van der Waals surface area contributed by atoms with Crippen LogP contribution in [0, 0.1) is 25.2 Å². The maximum absolute atomic E-state index is 13.3. The third-order valence-corrected chi connectivity index (χ3v) is 9.36. The number of hydrogen-bond donors (Lipinski definition) is 1. The van der Waals surface area contributed by atoms with Gasteiger partial charge in [0.25, 0.3) is 5.91 Å². The minimum atomic E-state index is -0.965. The molecule has 1 aliphatic heterocycles. The van der Waals surface area contributed by atoms with Crippen LogP contribution in [0.4, 0.5) is 0 Å². The van der Waals surface area contributed by atoms with Gasteiger partial charge < -0.3 is 24.2 Å². The van der Waals surface area contributed by atoms with E-state index in [1.807, 2.05) is 73.9 Å². The summed E-state index contributed by atoms with van der Waals surface area (Å²) in [5.41, 5.74) is 7.37. The zero-order valence-corrected chi connectivity index (χ0v) is 29.5. The summed E-state index contributed by atoms with van der Waals surface area (Å²) >= 11 is 6.80. The van der Waals surface area contributed by atoms with E-state index in [1.165, 1.54) is 6.20 Å². The van der Waals surface area contributed by atoms with Crippen LogP contribution in [0.3, 0.4) is 0 Å². The van der Waals surface area contributed by atoms with Crippen molar-refractivity contribution in [3.63, 3.8) is 0 Å². The van der Waals surface area contributed by atoms with Gasteiger partial charge in [-0.3, -0.25) is 19.5 Å². The molecular formula is C39H41ClN4O6.